The van der Waals surface area contributed by atoms with Crippen molar-refractivity contribution >= 4 is 51.0 Å². The predicted molar refractivity (Wildman–Crippen MR) is 164 cm³/mol. The highest BCUT2D eigenvalue weighted by Crippen LogP contribution is 2.29. The van der Waals surface area contributed by atoms with Gasteiger partial charge in [0.1, 0.15) is 12.3 Å². The maximum absolute atomic E-state index is 13.6. The number of ether oxygens (including phenoxy) is 1. The molecule has 0 unspecified atom stereocenters. The van der Waals surface area contributed by atoms with E-state index in [4.69, 9.17) is 27.9 Å². The fourth-order valence-corrected chi connectivity index (χ4v) is 6.23. The minimum atomic E-state index is -4.06. The molecule has 0 aliphatic carbocycles. The van der Waals surface area contributed by atoms with Crippen LogP contribution in [0, 0.1) is 20.8 Å². The molecular formula is C30H30Cl2N4O4S. The molecule has 3 aromatic carbocycles. The number of aryl methyl sites for hydroxylation is 2. The second-order valence-corrected chi connectivity index (χ2v) is 12.0. The van der Waals surface area contributed by atoms with Crippen molar-refractivity contribution in [1.29, 1.82) is 0 Å². The van der Waals surface area contributed by atoms with Crippen molar-refractivity contribution in [3.63, 3.8) is 0 Å². The summed E-state index contributed by atoms with van der Waals surface area (Å²) in [4.78, 5) is 13.1. The Balaban J connectivity index is 1.56. The van der Waals surface area contributed by atoms with Crippen molar-refractivity contribution in [2.45, 2.75) is 32.6 Å². The summed E-state index contributed by atoms with van der Waals surface area (Å²) >= 11 is 12.5. The van der Waals surface area contributed by atoms with Gasteiger partial charge in [0.05, 0.1) is 34.1 Å². The number of aromatic nitrogens is 1. The molecule has 8 nitrogen and oxygen atoms in total. The average molecular weight is 614 g/mol. The number of hydrogen-bond donors (Lipinski definition) is 1. The molecule has 0 fully saturated rings. The van der Waals surface area contributed by atoms with Gasteiger partial charge in [0.2, 0.25) is 0 Å². The Morgan fingerprint density at radius 3 is 2.32 bits per heavy atom. The largest absolute Gasteiger partial charge is 0.494 e. The minimum absolute atomic E-state index is 0.0709. The fourth-order valence-electron chi connectivity index (χ4n) is 4.32. The van der Waals surface area contributed by atoms with Crippen LogP contribution in [0.5, 0.6) is 5.75 Å². The van der Waals surface area contributed by atoms with Crippen molar-refractivity contribution in [3.05, 3.63) is 105 Å². The molecule has 41 heavy (non-hydrogen) atoms. The molecule has 0 atom stereocenters. The molecule has 214 valence electrons. The molecule has 0 aliphatic rings. The highest BCUT2D eigenvalue weighted by atomic mass is 35.5. The number of nitrogens with zero attached hydrogens (tertiary/aromatic N) is 3. The van der Waals surface area contributed by atoms with Gasteiger partial charge < -0.3 is 9.30 Å². The summed E-state index contributed by atoms with van der Waals surface area (Å²) < 4.78 is 35.7. The van der Waals surface area contributed by atoms with E-state index >= 15 is 0 Å². The molecule has 1 N–H and O–H groups in total. The van der Waals surface area contributed by atoms with Gasteiger partial charge in [-0.2, -0.15) is 5.10 Å². The lowest BCUT2D eigenvalue weighted by atomic mass is 10.2. The van der Waals surface area contributed by atoms with Gasteiger partial charge in [0.25, 0.3) is 15.9 Å². The van der Waals surface area contributed by atoms with Gasteiger partial charge in [0.15, 0.2) is 0 Å². The first-order valence-corrected chi connectivity index (χ1v) is 15.0. The normalized spacial score (nSPS) is 11.6. The number of sulfonamides is 1. The van der Waals surface area contributed by atoms with Crippen LogP contribution in [0.1, 0.15) is 29.4 Å². The SMILES string of the molecule is CCOc1ccc(N(CC(=O)N/N=C/c2cc(C)n(-c3ccc(Cl)cc3Cl)c2C)S(=O)(=O)c2ccc(C)cc2)cc1. The van der Waals surface area contributed by atoms with Gasteiger partial charge in [-0.25, -0.2) is 13.8 Å². The van der Waals surface area contributed by atoms with Gasteiger partial charge in [-0.3, -0.25) is 9.10 Å². The molecule has 0 saturated carbocycles. The quantitative estimate of drug-likeness (QED) is 0.164. The van der Waals surface area contributed by atoms with E-state index in [1.165, 1.54) is 18.3 Å². The van der Waals surface area contributed by atoms with Crippen LogP contribution in [-0.2, 0) is 14.8 Å². The Kier molecular flexibility index (Phi) is 9.42. The number of anilines is 1. The van der Waals surface area contributed by atoms with Gasteiger partial charge in [0, 0.05) is 22.0 Å². The summed E-state index contributed by atoms with van der Waals surface area (Å²) in [5.41, 5.74) is 6.97. The van der Waals surface area contributed by atoms with E-state index in [9.17, 15) is 13.2 Å². The fraction of sp³-hybridized carbons (Fsp3) is 0.200. The highest BCUT2D eigenvalue weighted by Gasteiger charge is 2.27. The Hall–Kier alpha value is -3.79. The zero-order chi connectivity index (χ0) is 29.7. The number of amides is 1. The molecule has 1 heterocycles. The number of nitrogens with one attached hydrogen (secondary N) is 1. The second-order valence-electron chi connectivity index (χ2n) is 9.30. The van der Waals surface area contributed by atoms with Crippen LogP contribution in [-0.4, -0.2) is 38.3 Å². The van der Waals surface area contributed by atoms with Crippen LogP contribution in [0.4, 0.5) is 5.69 Å². The Labute approximate surface area is 250 Å². The second kappa shape index (κ2) is 12.8. The monoisotopic (exact) mass is 612 g/mol. The molecule has 1 aromatic heterocycles. The minimum Gasteiger partial charge on any atom is -0.494 e. The molecular weight excluding hydrogens is 583 g/mol. The zero-order valence-electron chi connectivity index (χ0n) is 23.1. The van der Waals surface area contributed by atoms with Crippen LogP contribution in [0.25, 0.3) is 5.69 Å². The van der Waals surface area contributed by atoms with E-state index in [2.05, 4.69) is 10.5 Å². The highest BCUT2D eigenvalue weighted by molar-refractivity contribution is 7.92. The maximum Gasteiger partial charge on any atom is 0.264 e. The van der Waals surface area contributed by atoms with E-state index in [0.29, 0.717) is 28.1 Å². The van der Waals surface area contributed by atoms with Crippen molar-refractivity contribution in [2.24, 2.45) is 5.10 Å². The van der Waals surface area contributed by atoms with Crippen LogP contribution >= 0.6 is 23.2 Å². The summed E-state index contributed by atoms with van der Waals surface area (Å²) in [7, 11) is -4.06. The number of rotatable bonds is 10. The first-order valence-electron chi connectivity index (χ1n) is 12.8. The molecule has 4 aromatic rings. The van der Waals surface area contributed by atoms with Crippen LogP contribution < -0.4 is 14.5 Å². The Bertz CT molecular complexity index is 1680. The Morgan fingerprint density at radius 2 is 1.68 bits per heavy atom. The first-order chi connectivity index (χ1) is 19.5. The summed E-state index contributed by atoms with van der Waals surface area (Å²) in [5.74, 6) is -0.0177. The molecule has 11 heteroatoms. The maximum atomic E-state index is 13.6. The summed E-state index contributed by atoms with van der Waals surface area (Å²) in [6.45, 7) is 7.55. The average Bonchev–Trinajstić information content (AvgIpc) is 3.20. The molecule has 4 rings (SSSR count). The van der Waals surface area contributed by atoms with Crippen LogP contribution in [0.2, 0.25) is 10.0 Å². The standard InChI is InChI=1S/C30H30Cl2N4O4S/c1-5-40-26-11-9-25(10-12-26)35(41(38,39)27-13-6-20(2)7-14-27)19-30(37)34-33-18-23-16-21(3)36(22(23)4)29-15-8-24(31)17-28(29)32/h6-18H,5,19H2,1-4H3,(H,34,37)/b33-18+. The third-order valence-corrected chi connectivity index (χ3v) is 8.67. The van der Waals surface area contributed by atoms with Crippen LogP contribution in [0.3, 0.4) is 0 Å². The third kappa shape index (κ3) is 6.93. The zero-order valence-corrected chi connectivity index (χ0v) is 25.4. The summed E-state index contributed by atoms with van der Waals surface area (Å²) in [6.07, 6.45) is 1.51. The van der Waals surface area contributed by atoms with Gasteiger partial charge >= 0.3 is 0 Å². The molecule has 0 saturated heterocycles. The third-order valence-electron chi connectivity index (χ3n) is 6.35. The summed E-state index contributed by atoms with van der Waals surface area (Å²) in [5, 5.41) is 5.14. The predicted octanol–water partition coefficient (Wildman–Crippen LogP) is 6.45. The van der Waals surface area contributed by atoms with E-state index in [1.54, 1.807) is 48.5 Å². The molecule has 0 bridgehead atoms. The molecule has 0 spiro atoms. The number of benzene rings is 3. The van der Waals surface area contributed by atoms with Crippen molar-refractivity contribution in [2.75, 3.05) is 17.5 Å². The van der Waals surface area contributed by atoms with E-state index in [0.717, 1.165) is 32.5 Å². The molecule has 1 amide bonds. The van der Waals surface area contributed by atoms with Gasteiger partial charge in [-0.1, -0.05) is 40.9 Å². The number of halogens is 2. The first kappa shape index (κ1) is 30.2. The van der Waals surface area contributed by atoms with E-state index in [-0.39, 0.29) is 4.90 Å². The smallest absolute Gasteiger partial charge is 0.264 e. The number of carbonyl (C=O) groups is 1. The van der Waals surface area contributed by atoms with Crippen molar-refractivity contribution < 1.29 is 17.9 Å². The Morgan fingerprint density at radius 1 is 1.00 bits per heavy atom. The van der Waals surface area contributed by atoms with Gasteiger partial charge in [-0.15, -0.1) is 0 Å². The molecule has 0 radical (unpaired) electrons. The van der Waals surface area contributed by atoms with Crippen molar-refractivity contribution in [1.82, 2.24) is 9.99 Å². The summed E-state index contributed by atoms with van der Waals surface area (Å²) in [6, 6.07) is 20.2. The van der Waals surface area contributed by atoms with E-state index < -0.39 is 22.5 Å². The van der Waals surface area contributed by atoms with Crippen molar-refractivity contribution in [3.8, 4) is 11.4 Å². The number of hydrazone groups is 1. The lowest BCUT2D eigenvalue weighted by Crippen LogP contribution is -2.39. The van der Waals surface area contributed by atoms with E-state index in [1.807, 2.05) is 44.4 Å². The molecule has 0 aliphatic heterocycles. The lowest BCUT2D eigenvalue weighted by molar-refractivity contribution is -0.119. The van der Waals surface area contributed by atoms with Gasteiger partial charge in [-0.05, 0) is 88.4 Å². The number of hydrogen-bond acceptors (Lipinski definition) is 5. The topological polar surface area (TPSA) is 93.0 Å². The number of carbonyl (C=O) groups excluding carboxylic acids is 1. The lowest BCUT2D eigenvalue weighted by Gasteiger charge is -2.24. The van der Waals surface area contributed by atoms with Crippen LogP contribution in [0.15, 0.2) is 82.8 Å².